The average Bonchev–Trinajstić information content (AvgIpc) is 3.46. The van der Waals surface area contributed by atoms with Gasteiger partial charge in [0, 0.05) is 5.56 Å². The highest BCUT2D eigenvalue weighted by atomic mass is 32.2. The smallest absolute Gasteiger partial charge is 0.277 e. The number of nitrogens with one attached hydrogen (secondary N) is 1. The summed E-state index contributed by atoms with van der Waals surface area (Å²) in [5.74, 6) is 1.37. The van der Waals surface area contributed by atoms with Gasteiger partial charge in [-0.3, -0.25) is 14.9 Å². The van der Waals surface area contributed by atoms with Crippen molar-refractivity contribution in [3.05, 3.63) is 42.5 Å². The molecule has 1 atom stereocenters. The first-order chi connectivity index (χ1) is 15.2. The molecular weight excluding hydrogens is 426 g/mol. The van der Waals surface area contributed by atoms with Gasteiger partial charge in [0.2, 0.25) is 24.7 Å². The van der Waals surface area contributed by atoms with E-state index in [0.29, 0.717) is 28.6 Å². The second-order valence-corrected chi connectivity index (χ2v) is 7.43. The molecule has 0 saturated carbocycles. The summed E-state index contributed by atoms with van der Waals surface area (Å²) >= 11 is 1.01. The van der Waals surface area contributed by atoms with Gasteiger partial charge in [0.1, 0.15) is 6.61 Å². The van der Waals surface area contributed by atoms with Gasteiger partial charge in [-0.25, -0.2) is 0 Å². The van der Waals surface area contributed by atoms with Crippen molar-refractivity contribution in [3.63, 3.8) is 0 Å². The third-order valence-corrected chi connectivity index (χ3v) is 5.23. The molecule has 0 saturated heterocycles. The maximum Gasteiger partial charge on any atom is 0.277 e. The minimum absolute atomic E-state index is 0.0197. The summed E-state index contributed by atoms with van der Waals surface area (Å²) in [6, 6.07) is 12.3. The number of rotatable bonds is 5. The molecule has 0 radical (unpaired) electrons. The summed E-state index contributed by atoms with van der Waals surface area (Å²) < 4.78 is 27.3. The number of imide groups is 1. The molecule has 1 aromatic heterocycles. The van der Waals surface area contributed by atoms with Crippen molar-refractivity contribution in [2.45, 2.75) is 11.3 Å². The number of hydrogen-bond acceptors (Lipinski definition) is 10. The van der Waals surface area contributed by atoms with Crippen LogP contribution in [0.15, 0.2) is 52.1 Å². The van der Waals surface area contributed by atoms with E-state index in [0.717, 1.165) is 11.8 Å². The van der Waals surface area contributed by atoms with Crippen LogP contribution >= 0.6 is 11.8 Å². The standard InChI is InChI=1S/C20H15N3O7S/c24-17(21-18(25)16-8-26-12-3-1-2-4-14(12)29-16)9-31-20-23-22-19(30-20)11-5-6-13-15(7-11)28-10-27-13/h1-7,16H,8-10H2,(H,21,24,25)/t16-/m1/s1. The lowest BCUT2D eigenvalue weighted by Gasteiger charge is -2.25. The van der Waals surface area contributed by atoms with E-state index in [1.54, 1.807) is 42.5 Å². The predicted molar refractivity (Wildman–Crippen MR) is 106 cm³/mol. The van der Waals surface area contributed by atoms with E-state index in [2.05, 4.69) is 15.5 Å². The van der Waals surface area contributed by atoms with Crippen LogP contribution in [0.25, 0.3) is 11.5 Å². The van der Waals surface area contributed by atoms with Crippen LogP contribution in [-0.2, 0) is 9.59 Å². The molecule has 5 rings (SSSR count). The highest BCUT2D eigenvalue weighted by Gasteiger charge is 2.28. The number of benzene rings is 2. The Kier molecular flexibility index (Phi) is 5.08. The number of carbonyl (C=O) groups excluding carboxylic acids is 2. The summed E-state index contributed by atoms with van der Waals surface area (Å²) in [7, 11) is 0. The lowest BCUT2D eigenvalue weighted by molar-refractivity contribution is -0.135. The SMILES string of the molecule is O=C(CSc1nnc(-c2ccc3c(c2)OCO3)o1)NC(=O)[C@H]1COc2ccccc2O1. The second kappa shape index (κ2) is 8.19. The molecular formula is C20H15N3O7S. The molecule has 2 aliphatic heterocycles. The Morgan fingerprint density at radius 2 is 1.81 bits per heavy atom. The Balaban J connectivity index is 1.14. The summed E-state index contributed by atoms with van der Waals surface area (Å²) in [6.45, 7) is 0.188. The monoisotopic (exact) mass is 441 g/mol. The maximum absolute atomic E-state index is 12.3. The number of carbonyl (C=O) groups is 2. The van der Waals surface area contributed by atoms with Crippen molar-refractivity contribution in [3.8, 4) is 34.5 Å². The van der Waals surface area contributed by atoms with Crippen molar-refractivity contribution >= 4 is 23.6 Å². The zero-order valence-electron chi connectivity index (χ0n) is 15.9. The Morgan fingerprint density at radius 3 is 2.71 bits per heavy atom. The van der Waals surface area contributed by atoms with Crippen molar-refractivity contribution in [2.24, 2.45) is 0 Å². The van der Waals surface area contributed by atoms with Crippen molar-refractivity contribution < 1.29 is 33.0 Å². The Bertz CT molecular complexity index is 1150. The van der Waals surface area contributed by atoms with Crippen LogP contribution in [0.3, 0.4) is 0 Å². The molecule has 2 aromatic carbocycles. The van der Waals surface area contributed by atoms with Crippen LogP contribution in [0.2, 0.25) is 0 Å². The maximum atomic E-state index is 12.3. The quantitative estimate of drug-likeness (QED) is 0.589. The van der Waals surface area contributed by atoms with E-state index in [1.807, 2.05) is 0 Å². The number of para-hydroxylation sites is 2. The Labute approximate surface area is 179 Å². The zero-order valence-corrected chi connectivity index (χ0v) is 16.7. The lowest BCUT2D eigenvalue weighted by Crippen LogP contribution is -2.46. The van der Waals surface area contributed by atoms with E-state index in [4.69, 9.17) is 23.4 Å². The summed E-state index contributed by atoms with van der Waals surface area (Å²) in [6.07, 6.45) is -0.912. The molecule has 1 N–H and O–H groups in total. The molecule has 3 aromatic rings. The number of fused-ring (bicyclic) bond motifs is 2. The lowest BCUT2D eigenvalue weighted by atomic mass is 10.2. The van der Waals surface area contributed by atoms with E-state index in [1.165, 1.54) is 0 Å². The summed E-state index contributed by atoms with van der Waals surface area (Å²) in [5.41, 5.74) is 0.665. The molecule has 0 aliphatic carbocycles. The predicted octanol–water partition coefficient (Wildman–Crippen LogP) is 2.04. The normalized spacial score (nSPS) is 16.1. The van der Waals surface area contributed by atoms with Crippen LogP contribution in [0.4, 0.5) is 0 Å². The first kappa shape index (κ1) is 19.2. The Hall–Kier alpha value is -3.73. The van der Waals surface area contributed by atoms with Gasteiger partial charge in [0.15, 0.2) is 23.0 Å². The van der Waals surface area contributed by atoms with Crippen LogP contribution in [0, 0.1) is 0 Å². The third kappa shape index (κ3) is 4.12. The Morgan fingerprint density at radius 1 is 1.00 bits per heavy atom. The van der Waals surface area contributed by atoms with Gasteiger partial charge in [-0.05, 0) is 30.3 Å². The van der Waals surface area contributed by atoms with E-state index < -0.39 is 17.9 Å². The summed E-state index contributed by atoms with van der Waals surface area (Å²) in [4.78, 5) is 24.4. The van der Waals surface area contributed by atoms with Crippen LogP contribution in [-0.4, -0.2) is 47.3 Å². The molecule has 158 valence electrons. The molecule has 10 nitrogen and oxygen atoms in total. The number of amides is 2. The second-order valence-electron chi connectivity index (χ2n) is 6.51. The van der Waals surface area contributed by atoms with Gasteiger partial charge in [-0.2, -0.15) is 0 Å². The molecule has 31 heavy (non-hydrogen) atoms. The summed E-state index contributed by atoms with van der Waals surface area (Å²) in [5, 5.41) is 10.4. The molecule has 2 aliphatic rings. The van der Waals surface area contributed by atoms with Gasteiger partial charge in [0.25, 0.3) is 11.1 Å². The molecule has 11 heteroatoms. The minimum atomic E-state index is -0.912. The number of ether oxygens (including phenoxy) is 4. The van der Waals surface area contributed by atoms with Crippen LogP contribution < -0.4 is 24.3 Å². The fraction of sp³-hybridized carbons (Fsp3) is 0.200. The number of thioether (sulfide) groups is 1. The first-order valence-electron chi connectivity index (χ1n) is 9.24. The average molecular weight is 441 g/mol. The number of nitrogens with zero attached hydrogens (tertiary/aromatic N) is 2. The van der Waals surface area contributed by atoms with Gasteiger partial charge in [-0.1, -0.05) is 23.9 Å². The van der Waals surface area contributed by atoms with Gasteiger partial charge >= 0.3 is 0 Å². The molecule has 0 fully saturated rings. The topological polar surface area (TPSA) is 122 Å². The van der Waals surface area contributed by atoms with Crippen LogP contribution in [0.1, 0.15) is 0 Å². The third-order valence-electron chi connectivity index (χ3n) is 4.42. The molecule has 0 spiro atoms. The molecule has 0 unspecified atom stereocenters. The molecule has 0 bridgehead atoms. The largest absolute Gasteiger partial charge is 0.485 e. The van der Waals surface area contributed by atoms with E-state index >= 15 is 0 Å². The molecule has 3 heterocycles. The van der Waals surface area contributed by atoms with Gasteiger partial charge in [0.05, 0.1) is 5.75 Å². The number of aromatic nitrogens is 2. The first-order valence-corrected chi connectivity index (χ1v) is 10.2. The van der Waals surface area contributed by atoms with Crippen molar-refractivity contribution in [1.82, 2.24) is 15.5 Å². The highest BCUT2D eigenvalue weighted by molar-refractivity contribution is 7.99. The van der Waals surface area contributed by atoms with Crippen molar-refractivity contribution in [2.75, 3.05) is 19.2 Å². The zero-order chi connectivity index (χ0) is 21.2. The van der Waals surface area contributed by atoms with Gasteiger partial charge in [-0.15, -0.1) is 10.2 Å². The van der Waals surface area contributed by atoms with Crippen LogP contribution in [0.5, 0.6) is 23.0 Å². The van der Waals surface area contributed by atoms with Crippen molar-refractivity contribution in [1.29, 1.82) is 0 Å². The fourth-order valence-corrected chi connectivity index (χ4v) is 3.51. The van der Waals surface area contributed by atoms with E-state index in [9.17, 15) is 9.59 Å². The minimum Gasteiger partial charge on any atom is -0.485 e. The van der Waals surface area contributed by atoms with E-state index in [-0.39, 0.29) is 30.3 Å². The number of hydrogen-bond donors (Lipinski definition) is 1. The molecule has 2 amide bonds. The van der Waals surface area contributed by atoms with Gasteiger partial charge < -0.3 is 23.4 Å². The highest BCUT2D eigenvalue weighted by Crippen LogP contribution is 2.36. The fourth-order valence-electron chi connectivity index (χ4n) is 2.94.